The van der Waals surface area contributed by atoms with Crippen molar-refractivity contribution in [2.75, 3.05) is 20.2 Å². The minimum absolute atomic E-state index is 0.0174. The summed E-state index contributed by atoms with van der Waals surface area (Å²) < 4.78 is 5.72. The SMILES string of the molecule is CNCC(=O)NCc1ccccc1OCC(C)C. The largest absolute Gasteiger partial charge is 0.493 e. The number of likely N-dealkylation sites (N-methyl/N-ethyl adjacent to an activating group) is 1. The summed E-state index contributed by atoms with van der Waals surface area (Å²) >= 11 is 0. The Hall–Kier alpha value is -1.55. The van der Waals surface area contributed by atoms with E-state index in [9.17, 15) is 4.79 Å². The van der Waals surface area contributed by atoms with E-state index in [1.807, 2.05) is 24.3 Å². The Labute approximate surface area is 109 Å². The third-order valence-corrected chi connectivity index (χ3v) is 2.36. The minimum atomic E-state index is -0.0174. The summed E-state index contributed by atoms with van der Waals surface area (Å²) in [7, 11) is 1.75. The van der Waals surface area contributed by atoms with E-state index in [0.29, 0.717) is 25.6 Å². The first-order valence-corrected chi connectivity index (χ1v) is 6.25. The molecule has 1 aromatic carbocycles. The van der Waals surface area contributed by atoms with Crippen LogP contribution >= 0.6 is 0 Å². The van der Waals surface area contributed by atoms with Gasteiger partial charge in [0.2, 0.25) is 5.91 Å². The maximum Gasteiger partial charge on any atom is 0.234 e. The lowest BCUT2D eigenvalue weighted by Crippen LogP contribution is -2.31. The third-order valence-electron chi connectivity index (χ3n) is 2.36. The fraction of sp³-hybridized carbons (Fsp3) is 0.500. The fourth-order valence-corrected chi connectivity index (χ4v) is 1.46. The van der Waals surface area contributed by atoms with Crippen LogP contribution in [0.5, 0.6) is 5.75 Å². The van der Waals surface area contributed by atoms with Crippen molar-refractivity contribution in [2.24, 2.45) is 5.92 Å². The highest BCUT2D eigenvalue weighted by atomic mass is 16.5. The zero-order valence-corrected chi connectivity index (χ0v) is 11.3. The van der Waals surface area contributed by atoms with Crippen LogP contribution < -0.4 is 15.4 Å². The van der Waals surface area contributed by atoms with Crippen LogP contribution in [0.4, 0.5) is 0 Å². The van der Waals surface area contributed by atoms with E-state index < -0.39 is 0 Å². The molecular weight excluding hydrogens is 228 g/mol. The van der Waals surface area contributed by atoms with E-state index in [1.54, 1.807) is 7.05 Å². The van der Waals surface area contributed by atoms with Crippen molar-refractivity contribution >= 4 is 5.91 Å². The molecule has 0 aliphatic rings. The monoisotopic (exact) mass is 250 g/mol. The summed E-state index contributed by atoms with van der Waals surface area (Å²) in [6.07, 6.45) is 0. The van der Waals surface area contributed by atoms with Gasteiger partial charge in [-0.05, 0) is 19.0 Å². The first-order chi connectivity index (χ1) is 8.63. The molecule has 1 amide bonds. The molecule has 0 fully saturated rings. The van der Waals surface area contributed by atoms with Crippen LogP contribution in [-0.2, 0) is 11.3 Å². The topological polar surface area (TPSA) is 50.4 Å². The number of amides is 1. The van der Waals surface area contributed by atoms with Crippen molar-refractivity contribution < 1.29 is 9.53 Å². The zero-order valence-electron chi connectivity index (χ0n) is 11.3. The molecule has 0 saturated carbocycles. The minimum Gasteiger partial charge on any atom is -0.493 e. The second-order valence-corrected chi connectivity index (χ2v) is 4.62. The van der Waals surface area contributed by atoms with Gasteiger partial charge in [0.25, 0.3) is 0 Å². The molecule has 0 aliphatic carbocycles. The van der Waals surface area contributed by atoms with Gasteiger partial charge in [-0.3, -0.25) is 4.79 Å². The van der Waals surface area contributed by atoms with Gasteiger partial charge < -0.3 is 15.4 Å². The van der Waals surface area contributed by atoms with Crippen LogP contribution in [0.25, 0.3) is 0 Å². The molecule has 1 rings (SSSR count). The van der Waals surface area contributed by atoms with E-state index >= 15 is 0 Å². The molecule has 2 N–H and O–H groups in total. The van der Waals surface area contributed by atoms with Gasteiger partial charge in [0.1, 0.15) is 5.75 Å². The summed E-state index contributed by atoms with van der Waals surface area (Å²) in [6, 6.07) is 7.79. The highest BCUT2D eigenvalue weighted by Gasteiger charge is 2.05. The summed E-state index contributed by atoms with van der Waals surface area (Å²) in [6.45, 7) is 5.72. The average molecular weight is 250 g/mol. The molecule has 4 heteroatoms. The predicted octanol–water partition coefficient (Wildman–Crippen LogP) is 1.56. The van der Waals surface area contributed by atoms with Crippen molar-refractivity contribution in [2.45, 2.75) is 20.4 Å². The van der Waals surface area contributed by atoms with Crippen LogP contribution in [0.1, 0.15) is 19.4 Å². The predicted molar refractivity (Wildman–Crippen MR) is 72.5 cm³/mol. The van der Waals surface area contributed by atoms with Crippen molar-refractivity contribution in [3.8, 4) is 5.75 Å². The maximum atomic E-state index is 11.4. The molecule has 0 spiro atoms. The van der Waals surface area contributed by atoms with E-state index in [0.717, 1.165) is 11.3 Å². The quantitative estimate of drug-likeness (QED) is 0.772. The van der Waals surface area contributed by atoms with Crippen LogP contribution in [-0.4, -0.2) is 26.1 Å². The number of hydrogen-bond acceptors (Lipinski definition) is 3. The Morgan fingerprint density at radius 1 is 1.33 bits per heavy atom. The van der Waals surface area contributed by atoms with Crippen molar-refractivity contribution in [3.05, 3.63) is 29.8 Å². The molecule has 0 aliphatic heterocycles. The zero-order chi connectivity index (χ0) is 13.4. The van der Waals surface area contributed by atoms with Gasteiger partial charge in [-0.25, -0.2) is 0 Å². The molecule has 100 valence electrons. The maximum absolute atomic E-state index is 11.4. The number of hydrogen-bond donors (Lipinski definition) is 2. The van der Waals surface area contributed by atoms with Crippen LogP contribution in [0.2, 0.25) is 0 Å². The van der Waals surface area contributed by atoms with Crippen LogP contribution in [0.3, 0.4) is 0 Å². The van der Waals surface area contributed by atoms with Crippen molar-refractivity contribution in [3.63, 3.8) is 0 Å². The summed E-state index contributed by atoms with van der Waals surface area (Å²) in [4.78, 5) is 11.4. The van der Waals surface area contributed by atoms with Crippen LogP contribution in [0, 0.1) is 5.92 Å². The highest BCUT2D eigenvalue weighted by molar-refractivity contribution is 5.77. The van der Waals surface area contributed by atoms with Gasteiger partial charge in [0.15, 0.2) is 0 Å². The lowest BCUT2D eigenvalue weighted by Gasteiger charge is -2.13. The lowest BCUT2D eigenvalue weighted by molar-refractivity contribution is -0.120. The number of carbonyl (C=O) groups is 1. The molecule has 0 heterocycles. The second-order valence-electron chi connectivity index (χ2n) is 4.62. The number of carbonyl (C=O) groups excluding carboxylic acids is 1. The smallest absolute Gasteiger partial charge is 0.234 e. The average Bonchev–Trinajstić information content (AvgIpc) is 2.35. The van der Waals surface area contributed by atoms with Gasteiger partial charge in [-0.1, -0.05) is 32.0 Å². The van der Waals surface area contributed by atoms with Gasteiger partial charge in [0, 0.05) is 12.1 Å². The summed E-state index contributed by atoms with van der Waals surface area (Å²) in [5.74, 6) is 1.31. The summed E-state index contributed by atoms with van der Waals surface area (Å²) in [5.41, 5.74) is 1.00. The molecule has 0 aromatic heterocycles. The first-order valence-electron chi connectivity index (χ1n) is 6.25. The molecule has 0 saturated heterocycles. The Kier molecular flexibility index (Phi) is 6.22. The number of benzene rings is 1. The standard InChI is InChI=1S/C14H22N2O2/c1-11(2)10-18-13-7-5-4-6-12(13)8-16-14(17)9-15-3/h4-7,11,15H,8-10H2,1-3H3,(H,16,17). The van der Waals surface area contributed by atoms with Crippen molar-refractivity contribution in [1.29, 1.82) is 0 Å². The first kappa shape index (κ1) is 14.5. The third kappa shape index (κ3) is 5.19. The van der Waals surface area contributed by atoms with Crippen LogP contribution in [0.15, 0.2) is 24.3 Å². The summed E-state index contributed by atoms with van der Waals surface area (Å²) in [5, 5.41) is 5.66. The highest BCUT2D eigenvalue weighted by Crippen LogP contribution is 2.18. The molecule has 18 heavy (non-hydrogen) atoms. The Bertz CT molecular complexity index is 378. The van der Waals surface area contributed by atoms with Gasteiger partial charge in [-0.2, -0.15) is 0 Å². The van der Waals surface area contributed by atoms with E-state index in [-0.39, 0.29) is 5.91 Å². The molecule has 0 bridgehead atoms. The molecule has 0 radical (unpaired) electrons. The van der Waals surface area contributed by atoms with E-state index in [2.05, 4.69) is 24.5 Å². The van der Waals surface area contributed by atoms with Crippen molar-refractivity contribution in [1.82, 2.24) is 10.6 Å². The van der Waals surface area contributed by atoms with Gasteiger partial charge in [0.05, 0.1) is 13.2 Å². The second kappa shape index (κ2) is 7.71. The Morgan fingerprint density at radius 3 is 2.72 bits per heavy atom. The number of nitrogens with one attached hydrogen (secondary N) is 2. The Balaban J connectivity index is 2.56. The normalized spacial score (nSPS) is 10.4. The van der Waals surface area contributed by atoms with E-state index in [4.69, 9.17) is 4.74 Å². The van der Waals surface area contributed by atoms with Gasteiger partial charge >= 0.3 is 0 Å². The fourth-order valence-electron chi connectivity index (χ4n) is 1.46. The molecule has 4 nitrogen and oxygen atoms in total. The number of rotatable bonds is 7. The molecule has 1 aromatic rings. The Morgan fingerprint density at radius 2 is 2.06 bits per heavy atom. The van der Waals surface area contributed by atoms with E-state index in [1.165, 1.54) is 0 Å². The molecule has 0 atom stereocenters. The molecule has 0 unspecified atom stereocenters. The molecular formula is C14H22N2O2. The number of para-hydroxylation sites is 1. The van der Waals surface area contributed by atoms with Gasteiger partial charge in [-0.15, -0.1) is 0 Å². The lowest BCUT2D eigenvalue weighted by atomic mass is 10.2. The number of ether oxygens (including phenoxy) is 1.